The first-order valence-corrected chi connectivity index (χ1v) is 8.30. The Labute approximate surface area is 149 Å². The maximum Gasteiger partial charge on any atom is 0.276 e. The summed E-state index contributed by atoms with van der Waals surface area (Å²) in [5.41, 5.74) is 9.42. The van der Waals surface area contributed by atoms with Gasteiger partial charge in [0.25, 0.3) is 5.91 Å². The smallest absolute Gasteiger partial charge is 0.276 e. The van der Waals surface area contributed by atoms with E-state index in [-0.39, 0.29) is 17.9 Å². The molecule has 0 saturated carbocycles. The van der Waals surface area contributed by atoms with Crippen molar-refractivity contribution in [2.75, 3.05) is 6.61 Å². The molecule has 2 rings (SSSR count). The van der Waals surface area contributed by atoms with Crippen LogP contribution in [0.4, 0.5) is 0 Å². The lowest BCUT2D eigenvalue weighted by molar-refractivity contribution is -0.123. The predicted molar refractivity (Wildman–Crippen MR) is 102 cm³/mol. The number of aryl methyl sites for hydroxylation is 1. The van der Waals surface area contributed by atoms with Gasteiger partial charge in [0.15, 0.2) is 6.61 Å². The van der Waals surface area contributed by atoms with Crippen LogP contribution in [0.5, 0.6) is 5.75 Å². The van der Waals surface area contributed by atoms with Crippen molar-refractivity contribution in [3.63, 3.8) is 0 Å². The van der Waals surface area contributed by atoms with Gasteiger partial charge in [-0.1, -0.05) is 63.7 Å². The Balaban J connectivity index is 1.82. The van der Waals surface area contributed by atoms with Crippen LogP contribution in [0.3, 0.4) is 0 Å². The molecule has 2 aromatic rings. The van der Waals surface area contributed by atoms with Gasteiger partial charge < -0.3 is 4.74 Å². The molecule has 0 aliphatic heterocycles. The molecular formula is C21H26N2O2. The van der Waals surface area contributed by atoms with Crippen molar-refractivity contribution in [2.45, 2.75) is 33.1 Å². The van der Waals surface area contributed by atoms with Crippen LogP contribution in [-0.2, 0) is 10.2 Å². The van der Waals surface area contributed by atoms with Gasteiger partial charge in [-0.15, -0.1) is 0 Å². The standard InChI is InChI=1S/C21H26N2O2/c1-15-7-6-8-19(13-15)25-14-20(24)23-22-16(2)17-9-11-18(12-10-17)21(3,4)5/h6-13,22H,2,14H2,1,3-5H3,(H,23,24). The molecule has 2 aromatic carbocycles. The first-order valence-electron chi connectivity index (χ1n) is 8.30. The Hall–Kier alpha value is -2.75. The Morgan fingerprint density at radius 2 is 1.76 bits per heavy atom. The molecule has 0 unspecified atom stereocenters. The van der Waals surface area contributed by atoms with Crippen LogP contribution in [0.1, 0.15) is 37.5 Å². The number of carbonyl (C=O) groups is 1. The molecule has 0 aliphatic rings. The Morgan fingerprint density at radius 3 is 2.36 bits per heavy atom. The maximum atomic E-state index is 11.9. The van der Waals surface area contributed by atoms with Crippen LogP contribution in [0.15, 0.2) is 55.1 Å². The van der Waals surface area contributed by atoms with E-state index in [1.54, 1.807) is 0 Å². The van der Waals surface area contributed by atoms with E-state index in [1.807, 2.05) is 43.3 Å². The summed E-state index contributed by atoms with van der Waals surface area (Å²) in [6.07, 6.45) is 0. The quantitative estimate of drug-likeness (QED) is 0.784. The second kappa shape index (κ2) is 7.88. The number of amides is 1. The van der Waals surface area contributed by atoms with Crippen LogP contribution in [0.25, 0.3) is 5.70 Å². The zero-order valence-electron chi connectivity index (χ0n) is 15.3. The van der Waals surface area contributed by atoms with Gasteiger partial charge in [0, 0.05) is 0 Å². The first-order chi connectivity index (χ1) is 11.8. The number of benzene rings is 2. The minimum Gasteiger partial charge on any atom is -0.484 e. The van der Waals surface area contributed by atoms with Gasteiger partial charge in [0.05, 0.1) is 5.70 Å². The molecule has 0 aromatic heterocycles. The highest BCUT2D eigenvalue weighted by Gasteiger charge is 2.13. The van der Waals surface area contributed by atoms with E-state index in [4.69, 9.17) is 4.74 Å². The summed E-state index contributed by atoms with van der Waals surface area (Å²) in [6.45, 7) is 12.4. The van der Waals surface area contributed by atoms with Gasteiger partial charge in [-0.05, 0) is 41.2 Å². The summed E-state index contributed by atoms with van der Waals surface area (Å²) in [4.78, 5) is 11.9. The van der Waals surface area contributed by atoms with Crippen molar-refractivity contribution in [2.24, 2.45) is 0 Å². The largest absolute Gasteiger partial charge is 0.484 e. The normalized spacial score (nSPS) is 10.9. The Bertz CT molecular complexity index is 743. The average molecular weight is 338 g/mol. The fourth-order valence-electron chi connectivity index (χ4n) is 2.28. The highest BCUT2D eigenvalue weighted by molar-refractivity contribution is 5.78. The van der Waals surface area contributed by atoms with E-state index in [0.717, 1.165) is 11.1 Å². The van der Waals surface area contributed by atoms with E-state index >= 15 is 0 Å². The van der Waals surface area contributed by atoms with Crippen molar-refractivity contribution < 1.29 is 9.53 Å². The predicted octanol–water partition coefficient (Wildman–Crippen LogP) is 3.96. The van der Waals surface area contributed by atoms with Gasteiger partial charge in [0.1, 0.15) is 5.75 Å². The highest BCUT2D eigenvalue weighted by Crippen LogP contribution is 2.23. The Morgan fingerprint density at radius 1 is 1.08 bits per heavy atom. The third kappa shape index (κ3) is 5.68. The third-order valence-electron chi connectivity index (χ3n) is 3.81. The number of hydrogen-bond donors (Lipinski definition) is 2. The number of nitrogens with one attached hydrogen (secondary N) is 2. The molecule has 0 atom stereocenters. The summed E-state index contributed by atoms with van der Waals surface area (Å²) < 4.78 is 5.46. The van der Waals surface area contributed by atoms with E-state index in [2.05, 4.69) is 50.3 Å². The van der Waals surface area contributed by atoms with Gasteiger partial charge in [-0.2, -0.15) is 0 Å². The summed E-state index contributed by atoms with van der Waals surface area (Å²) in [5, 5.41) is 0. The lowest BCUT2D eigenvalue weighted by Crippen LogP contribution is -2.39. The zero-order valence-corrected chi connectivity index (χ0v) is 15.3. The van der Waals surface area contributed by atoms with Crippen LogP contribution < -0.4 is 15.6 Å². The molecule has 2 N–H and O–H groups in total. The monoisotopic (exact) mass is 338 g/mol. The molecule has 4 nitrogen and oxygen atoms in total. The van der Waals surface area contributed by atoms with Crippen molar-refractivity contribution in [3.05, 3.63) is 71.8 Å². The van der Waals surface area contributed by atoms with Crippen molar-refractivity contribution in [1.82, 2.24) is 10.9 Å². The number of rotatable bonds is 6. The molecule has 0 heterocycles. The summed E-state index contributed by atoms with van der Waals surface area (Å²) in [7, 11) is 0. The first kappa shape index (κ1) is 18.6. The van der Waals surface area contributed by atoms with Gasteiger partial charge >= 0.3 is 0 Å². The molecule has 4 heteroatoms. The molecule has 0 bridgehead atoms. The van der Waals surface area contributed by atoms with E-state index in [1.165, 1.54) is 5.56 Å². The fraction of sp³-hybridized carbons (Fsp3) is 0.286. The van der Waals surface area contributed by atoms with E-state index < -0.39 is 0 Å². The van der Waals surface area contributed by atoms with E-state index in [9.17, 15) is 4.79 Å². The SMILES string of the molecule is C=C(NNC(=O)COc1cccc(C)c1)c1ccc(C(C)(C)C)cc1. The molecule has 0 spiro atoms. The van der Waals surface area contributed by atoms with Crippen LogP contribution in [0, 0.1) is 6.92 Å². The molecule has 132 valence electrons. The minimum absolute atomic E-state index is 0.0628. The average Bonchev–Trinajstić information content (AvgIpc) is 2.57. The van der Waals surface area contributed by atoms with Crippen molar-refractivity contribution in [3.8, 4) is 5.75 Å². The number of carbonyl (C=O) groups excluding carboxylic acids is 1. The molecule has 25 heavy (non-hydrogen) atoms. The second-order valence-corrected chi connectivity index (χ2v) is 7.08. The number of ether oxygens (including phenoxy) is 1. The highest BCUT2D eigenvalue weighted by atomic mass is 16.5. The lowest BCUT2D eigenvalue weighted by atomic mass is 9.86. The third-order valence-corrected chi connectivity index (χ3v) is 3.81. The molecular weight excluding hydrogens is 312 g/mol. The van der Waals surface area contributed by atoms with Crippen molar-refractivity contribution >= 4 is 11.6 Å². The Kier molecular flexibility index (Phi) is 5.86. The summed E-state index contributed by atoms with van der Waals surface area (Å²) in [5.74, 6) is 0.403. The molecule has 1 amide bonds. The number of hydrogen-bond acceptors (Lipinski definition) is 3. The fourth-order valence-corrected chi connectivity index (χ4v) is 2.28. The second-order valence-electron chi connectivity index (χ2n) is 7.08. The van der Waals surface area contributed by atoms with Gasteiger partial charge in [0.2, 0.25) is 0 Å². The summed E-state index contributed by atoms with van der Waals surface area (Å²) in [6, 6.07) is 15.7. The van der Waals surface area contributed by atoms with Crippen LogP contribution in [0.2, 0.25) is 0 Å². The molecule has 0 fully saturated rings. The van der Waals surface area contributed by atoms with Gasteiger partial charge in [-0.3, -0.25) is 15.6 Å². The van der Waals surface area contributed by atoms with Crippen LogP contribution >= 0.6 is 0 Å². The van der Waals surface area contributed by atoms with E-state index in [0.29, 0.717) is 11.4 Å². The molecule has 0 aliphatic carbocycles. The number of hydrazine groups is 1. The van der Waals surface area contributed by atoms with Gasteiger partial charge in [-0.25, -0.2) is 0 Å². The molecule has 0 saturated heterocycles. The van der Waals surface area contributed by atoms with Crippen LogP contribution in [-0.4, -0.2) is 12.5 Å². The maximum absolute atomic E-state index is 11.9. The minimum atomic E-state index is -0.269. The summed E-state index contributed by atoms with van der Waals surface area (Å²) >= 11 is 0. The zero-order chi connectivity index (χ0) is 18.4. The topological polar surface area (TPSA) is 50.4 Å². The lowest BCUT2D eigenvalue weighted by Gasteiger charge is -2.19. The molecule has 0 radical (unpaired) electrons. The van der Waals surface area contributed by atoms with Crippen molar-refractivity contribution in [1.29, 1.82) is 0 Å².